The Labute approximate surface area is 190 Å². The fourth-order valence-corrected chi connectivity index (χ4v) is 7.40. The highest BCUT2D eigenvalue weighted by Gasteiger charge is 2.18. The van der Waals surface area contributed by atoms with Gasteiger partial charge in [-0.3, -0.25) is 4.99 Å². The van der Waals surface area contributed by atoms with Crippen LogP contribution in [0.25, 0.3) is 10.9 Å². The van der Waals surface area contributed by atoms with E-state index in [2.05, 4.69) is 97.9 Å². The van der Waals surface area contributed by atoms with Crippen molar-refractivity contribution in [3.8, 4) is 0 Å². The first kappa shape index (κ1) is 23.6. The van der Waals surface area contributed by atoms with Crippen molar-refractivity contribution in [1.82, 2.24) is 4.98 Å². The molecule has 0 saturated carbocycles. The predicted molar refractivity (Wildman–Crippen MR) is 140 cm³/mol. The number of aryl methyl sites for hydroxylation is 3. The Hall–Kier alpha value is -2.05. The van der Waals surface area contributed by atoms with Crippen LogP contribution in [0.5, 0.6) is 0 Å². The van der Waals surface area contributed by atoms with Gasteiger partial charge in [0.1, 0.15) is 0 Å². The molecular weight excluding hydrogens is 395 g/mol. The van der Waals surface area contributed by atoms with Gasteiger partial charge in [0.2, 0.25) is 0 Å². The fraction of sp³-hybridized carbons (Fsp3) is 0.429. The Morgan fingerprint density at radius 1 is 0.903 bits per heavy atom. The lowest BCUT2D eigenvalue weighted by Crippen LogP contribution is -2.15. The lowest BCUT2D eigenvalue weighted by molar-refractivity contribution is 0.721. The molecule has 0 aliphatic rings. The topological polar surface area (TPSA) is 25.2 Å². The van der Waals surface area contributed by atoms with Crippen LogP contribution >= 0.6 is 7.92 Å². The van der Waals surface area contributed by atoms with E-state index in [1.165, 1.54) is 45.2 Å². The molecule has 164 valence electrons. The lowest BCUT2D eigenvalue weighted by Gasteiger charge is -2.23. The second-order valence-electron chi connectivity index (χ2n) is 9.68. The van der Waals surface area contributed by atoms with Gasteiger partial charge in [0.25, 0.3) is 0 Å². The van der Waals surface area contributed by atoms with Crippen LogP contribution in [0.3, 0.4) is 0 Å². The van der Waals surface area contributed by atoms with E-state index in [0.717, 1.165) is 17.1 Å². The van der Waals surface area contributed by atoms with Crippen LogP contribution in [0, 0.1) is 32.6 Å². The first-order valence-corrected chi connectivity index (χ1v) is 13.1. The highest BCUT2D eigenvalue weighted by molar-refractivity contribution is 7.66. The number of fused-ring (bicyclic) bond motifs is 1. The summed E-state index contributed by atoms with van der Waals surface area (Å²) in [6, 6.07) is 15.5. The summed E-state index contributed by atoms with van der Waals surface area (Å²) in [5.41, 5.74) is 7.90. The quantitative estimate of drug-likeness (QED) is 0.277. The Bertz CT molecular complexity index is 1060. The summed E-state index contributed by atoms with van der Waals surface area (Å²) in [4.78, 5) is 10.2. The van der Waals surface area contributed by atoms with E-state index in [9.17, 15) is 0 Å². The molecular formula is C28H37N2P. The third-order valence-electron chi connectivity index (χ3n) is 5.50. The van der Waals surface area contributed by atoms with Crippen molar-refractivity contribution in [1.29, 1.82) is 0 Å². The van der Waals surface area contributed by atoms with E-state index in [0.29, 0.717) is 11.8 Å². The fourth-order valence-electron chi connectivity index (χ4n) is 4.31. The Balaban J connectivity index is 2.09. The van der Waals surface area contributed by atoms with Crippen molar-refractivity contribution < 1.29 is 0 Å². The SMILES string of the molecule is CC(=Nc1c(C)cc(C)cc1C)c1ccc2cccc(P(CC(C)C)CC(C)C)c2n1. The van der Waals surface area contributed by atoms with Gasteiger partial charge in [-0.25, -0.2) is 4.98 Å². The van der Waals surface area contributed by atoms with Crippen LogP contribution in [0.1, 0.15) is 57.0 Å². The molecule has 3 heteroatoms. The van der Waals surface area contributed by atoms with Crippen LogP contribution in [0.15, 0.2) is 47.5 Å². The maximum absolute atomic E-state index is 5.17. The third-order valence-corrected chi connectivity index (χ3v) is 8.88. The minimum atomic E-state index is -0.231. The average molecular weight is 433 g/mol. The molecule has 0 amide bonds. The van der Waals surface area contributed by atoms with E-state index in [1.54, 1.807) is 0 Å². The van der Waals surface area contributed by atoms with Crippen LogP contribution in [-0.2, 0) is 0 Å². The molecule has 31 heavy (non-hydrogen) atoms. The average Bonchev–Trinajstić information content (AvgIpc) is 2.68. The van der Waals surface area contributed by atoms with Crippen LogP contribution in [0.4, 0.5) is 5.69 Å². The van der Waals surface area contributed by atoms with Gasteiger partial charge in [0, 0.05) is 10.7 Å². The van der Waals surface area contributed by atoms with Gasteiger partial charge in [-0.2, -0.15) is 0 Å². The number of nitrogens with zero attached hydrogens (tertiary/aromatic N) is 2. The Morgan fingerprint density at radius 2 is 1.52 bits per heavy atom. The van der Waals surface area contributed by atoms with Crippen molar-refractivity contribution in [3.05, 3.63) is 64.8 Å². The molecule has 0 spiro atoms. The Morgan fingerprint density at radius 3 is 2.10 bits per heavy atom. The smallest absolute Gasteiger partial charge is 0.0849 e. The van der Waals surface area contributed by atoms with Crippen LogP contribution in [-0.4, -0.2) is 23.0 Å². The molecule has 1 heterocycles. The minimum Gasteiger partial charge on any atom is -0.251 e. The maximum atomic E-state index is 5.17. The summed E-state index contributed by atoms with van der Waals surface area (Å²) < 4.78 is 0. The highest BCUT2D eigenvalue weighted by atomic mass is 31.1. The number of aromatic nitrogens is 1. The van der Waals surface area contributed by atoms with Crippen molar-refractivity contribution in [2.45, 2.75) is 55.4 Å². The van der Waals surface area contributed by atoms with Gasteiger partial charge in [-0.15, -0.1) is 0 Å². The highest BCUT2D eigenvalue weighted by Crippen LogP contribution is 2.40. The Kier molecular flexibility index (Phi) is 7.65. The largest absolute Gasteiger partial charge is 0.251 e. The van der Waals surface area contributed by atoms with Gasteiger partial charge in [-0.05, 0) is 69.0 Å². The molecule has 0 radical (unpaired) electrons. The van der Waals surface area contributed by atoms with Crippen molar-refractivity contribution >= 4 is 35.5 Å². The molecule has 0 bridgehead atoms. The number of hydrogen-bond acceptors (Lipinski definition) is 2. The van der Waals surface area contributed by atoms with E-state index in [1.807, 2.05) is 0 Å². The molecule has 2 nitrogen and oxygen atoms in total. The van der Waals surface area contributed by atoms with E-state index < -0.39 is 0 Å². The summed E-state index contributed by atoms with van der Waals surface area (Å²) in [7, 11) is -0.231. The second-order valence-corrected chi connectivity index (χ2v) is 12.0. The van der Waals surface area contributed by atoms with Gasteiger partial charge in [0.05, 0.1) is 22.6 Å². The summed E-state index contributed by atoms with van der Waals surface area (Å²) in [6.45, 7) is 17.9. The number of hydrogen-bond donors (Lipinski definition) is 0. The van der Waals surface area contributed by atoms with Crippen LogP contribution in [0.2, 0.25) is 0 Å². The lowest BCUT2D eigenvalue weighted by atomic mass is 10.1. The monoisotopic (exact) mass is 432 g/mol. The maximum Gasteiger partial charge on any atom is 0.0849 e. The number of benzene rings is 2. The van der Waals surface area contributed by atoms with Gasteiger partial charge in [-0.1, -0.05) is 77.6 Å². The summed E-state index contributed by atoms with van der Waals surface area (Å²) in [6.07, 6.45) is 2.51. The number of aliphatic imine (C=N–C) groups is 1. The molecule has 2 aromatic carbocycles. The second kappa shape index (κ2) is 10.0. The molecule has 0 saturated heterocycles. The summed E-state index contributed by atoms with van der Waals surface area (Å²) >= 11 is 0. The molecule has 0 aliphatic carbocycles. The van der Waals surface area contributed by atoms with Crippen molar-refractivity contribution in [2.75, 3.05) is 12.3 Å². The zero-order chi connectivity index (χ0) is 22.7. The number of para-hydroxylation sites is 1. The first-order valence-electron chi connectivity index (χ1n) is 11.4. The van der Waals surface area contributed by atoms with Gasteiger partial charge in [0.15, 0.2) is 0 Å². The molecule has 0 atom stereocenters. The zero-order valence-electron chi connectivity index (χ0n) is 20.5. The molecule has 0 fully saturated rings. The van der Waals surface area contributed by atoms with Crippen molar-refractivity contribution in [3.63, 3.8) is 0 Å². The molecule has 3 rings (SSSR count). The standard InChI is InChI=1S/C28H37N2P/c1-18(2)16-31(17-19(3)4)26-11-9-10-24-12-13-25(30-28(24)26)23(8)29-27-21(6)14-20(5)15-22(27)7/h9-15,18-19H,16-17H2,1-8H3. The molecule has 0 N–H and O–H groups in total. The van der Waals surface area contributed by atoms with Gasteiger partial charge >= 0.3 is 0 Å². The van der Waals surface area contributed by atoms with Gasteiger partial charge < -0.3 is 0 Å². The van der Waals surface area contributed by atoms with E-state index in [4.69, 9.17) is 9.98 Å². The molecule has 1 aromatic heterocycles. The zero-order valence-corrected chi connectivity index (χ0v) is 21.3. The van der Waals surface area contributed by atoms with E-state index in [-0.39, 0.29) is 7.92 Å². The molecule has 0 unspecified atom stereocenters. The summed E-state index contributed by atoms with van der Waals surface area (Å²) in [5, 5.41) is 2.68. The van der Waals surface area contributed by atoms with Crippen molar-refractivity contribution in [2.24, 2.45) is 16.8 Å². The predicted octanol–water partition coefficient (Wildman–Crippen LogP) is 7.72. The third kappa shape index (κ3) is 5.80. The van der Waals surface area contributed by atoms with Crippen LogP contribution < -0.4 is 5.30 Å². The minimum absolute atomic E-state index is 0.231. The summed E-state index contributed by atoms with van der Waals surface area (Å²) in [5.74, 6) is 1.39. The first-order chi connectivity index (χ1) is 14.7. The molecule has 0 aliphatic heterocycles. The number of pyridine rings is 1. The molecule has 3 aromatic rings. The normalized spacial score (nSPS) is 12.5. The van der Waals surface area contributed by atoms with E-state index >= 15 is 0 Å². The number of rotatable bonds is 7.